The smallest absolute Gasteiger partial charge is 0.258 e. The van der Waals surface area contributed by atoms with E-state index in [0.717, 1.165) is 6.42 Å². The van der Waals surface area contributed by atoms with Gasteiger partial charge in [-0.25, -0.2) is 0 Å². The molecule has 1 aliphatic rings. The van der Waals surface area contributed by atoms with Gasteiger partial charge < -0.3 is 10.0 Å². The van der Waals surface area contributed by atoms with Crippen LogP contribution in [0.1, 0.15) is 36.3 Å². The number of aliphatic hydroxyl groups excluding tert-OH is 1. The van der Waals surface area contributed by atoms with Crippen LogP contribution in [-0.2, 0) is 13.5 Å². The number of nitrogens with zero attached hydrogens (tertiary/aromatic N) is 3. The third-order valence-electron chi connectivity index (χ3n) is 3.80. The molecule has 2 rings (SSSR count). The van der Waals surface area contributed by atoms with Crippen molar-refractivity contribution in [3.05, 3.63) is 16.4 Å². The Labute approximate surface area is 118 Å². The van der Waals surface area contributed by atoms with E-state index in [-0.39, 0.29) is 11.8 Å². The largest absolute Gasteiger partial charge is 0.391 e. The van der Waals surface area contributed by atoms with Gasteiger partial charge in [-0.1, -0.05) is 25.4 Å². The Morgan fingerprint density at radius 1 is 1.58 bits per heavy atom. The van der Waals surface area contributed by atoms with Crippen molar-refractivity contribution in [3.63, 3.8) is 0 Å². The van der Waals surface area contributed by atoms with Gasteiger partial charge >= 0.3 is 0 Å². The third-order valence-corrected chi connectivity index (χ3v) is 4.24. The summed E-state index contributed by atoms with van der Waals surface area (Å²) in [7, 11) is 1.73. The van der Waals surface area contributed by atoms with Crippen molar-refractivity contribution in [3.8, 4) is 0 Å². The zero-order chi connectivity index (χ0) is 14.2. The molecule has 0 aliphatic carbocycles. The first-order valence-corrected chi connectivity index (χ1v) is 7.02. The first-order valence-electron chi connectivity index (χ1n) is 6.64. The second-order valence-electron chi connectivity index (χ2n) is 5.17. The molecule has 2 heterocycles. The lowest BCUT2D eigenvalue weighted by Crippen LogP contribution is -2.46. The fourth-order valence-electron chi connectivity index (χ4n) is 2.41. The van der Waals surface area contributed by atoms with Crippen LogP contribution in [0, 0.1) is 5.92 Å². The van der Waals surface area contributed by atoms with Gasteiger partial charge in [0.05, 0.1) is 17.4 Å². The average Bonchev–Trinajstić information content (AvgIpc) is 2.68. The summed E-state index contributed by atoms with van der Waals surface area (Å²) in [5.74, 6) is 0.111. The van der Waals surface area contributed by atoms with Gasteiger partial charge in [-0.05, 0) is 18.8 Å². The van der Waals surface area contributed by atoms with Crippen LogP contribution in [0.3, 0.4) is 0 Å². The number of aryl methyl sites for hydroxylation is 2. The van der Waals surface area contributed by atoms with Crippen LogP contribution < -0.4 is 0 Å². The minimum absolute atomic E-state index is 0.124. The monoisotopic (exact) mass is 285 g/mol. The van der Waals surface area contributed by atoms with Gasteiger partial charge in [0, 0.05) is 20.1 Å². The van der Waals surface area contributed by atoms with Gasteiger partial charge in [-0.3, -0.25) is 9.48 Å². The van der Waals surface area contributed by atoms with E-state index in [1.165, 1.54) is 4.68 Å². The molecule has 19 heavy (non-hydrogen) atoms. The molecule has 6 heteroatoms. The summed E-state index contributed by atoms with van der Waals surface area (Å²) < 4.78 is 1.52. The van der Waals surface area contributed by atoms with Crippen molar-refractivity contribution in [1.82, 2.24) is 14.7 Å². The molecule has 1 aromatic heterocycles. The standard InChI is InChI=1S/C13H20ClN3O2/c1-4-9-11(12(14)16(3)15-9)13(19)17-6-5-8(2)10(18)7-17/h8,10,18H,4-7H2,1-3H3. The van der Waals surface area contributed by atoms with Gasteiger partial charge in [-0.2, -0.15) is 5.10 Å². The minimum Gasteiger partial charge on any atom is -0.391 e. The number of piperidine rings is 1. The molecule has 0 radical (unpaired) electrons. The topological polar surface area (TPSA) is 58.4 Å². The number of carbonyl (C=O) groups excluding carboxylic acids is 1. The van der Waals surface area contributed by atoms with Crippen LogP contribution in [0.15, 0.2) is 0 Å². The predicted octanol–water partition coefficient (Wildman–Crippen LogP) is 1.48. The third kappa shape index (κ3) is 2.62. The van der Waals surface area contributed by atoms with Gasteiger partial charge in [0.2, 0.25) is 0 Å². The number of amides is 1. The Morgan fingerprint density at radius 2 is 2.26 bits per heavy atom. The first kappa shape index (κ1) is 14.3. The van der Waals surface area contributed by atoms with Crippen LogP contribution in [0.25, 0.3) is 0 Å². The van der Waals surface area contributed by atoms with Crippen molar-refractivity contribution in [1.29, 1.82) is 0 Å². The Hall–Kier alpha value is -1.07. The van der Waals surface area contributed by atoms with E-state index in [1.807, 2.05) is 13.8 Å². The van der Waals surface area contributed by atoms with Gasteiger partial charge in [0.1, 0.15) is 5.15 Å². The molecule has 1 N–H and O–H groups in total. The Morgan fingerprint density at radius 3 is 2.84 bits per heavy atom. The van der Waals surface area contributed by atoms with Gasteiger partial charge in [0.25, 0.3) is 5.91 Å². The quantitative estimate of drug-likeness (QED) is 0.895. The van der Waals surface area contributed by atoms with E-state index < -0.39 is 6.10 Å². The minimum atomic E-state index is -0.460. The summed E-state index contributed by atoms with van der Waals surface area (Å²) in [6, 6.07) is 0. The number of rotatable bonds is 2. The fraction of sp³-hybridized carbons (Fsp3) is 0.692. The first-order chi connectivity index (χ1) is 8.95. The molecule has 0 saturated carbocycles. The molecule has 106 valence electrons. The molecule has 5 nitrogen and oxygen atoms in total. The molecule has 0 aromatic carbocycles. The molecule has 2 unspecified atom stereocenters. The highest BCUT2D eigenvalue weighted by molar-refractivity contribution is 6.33. The highest BCUT2D eigenvalue weighted by atomic mass is 35.5. The fourth-order valence-corrected chi connectivity index (χ4v) is 2.63. The maximum absolute atomic E-state index is 12.5. The summed E-state index contributed by atoms with van der Waals surface area (Å²) in [5.41, 5.74) is 1.19. The number of carbonyl (C=O) groups is 1. The lowest BCUT2D eigenvalue weighted by Gasteiger charge is -2.34. The van der Waals surface area contributed by atoms with Crippen LogP contribution in [-0.4, -0.2) is 44.9 Å². The summed E-state index contributed by atoms with van der Waals surface area (Å²) in [4.78, 5) is 14.2. The van der Waals surface area contributed by atoms with Crippen LogP contribution >= 0.6 is 11.6 Å². The van der Waals surface area contributed by atoms with Crippen molar-refractivity contribution in [2.24, 2.45) is 13.0 Å². The lowest BCUT2D eigenvalue weighted by atomic mass is 9.95. The van der Waals surface area contributed by atoms with Crippen molar-refractivity contribution >= 4 is 17.5 Å². The molecule has 1 fully saturated rings. The number of β-amino-alcohol motifs (C(OH)–C–C–N with tert-alkyl or cyclic N) is 1. The molecular weight excluding hydrogens is 266 g/mol. The lowest BCUT2D eigenvalue weighted by molar-refractivity contribution is 0.0248. The molecule has 2 atom stereocenters. The summed E-state index contributed by atoms with van der Waals surface area (Å²) >= 11 is 6.16. The van der Waals surface area contributed by atoms with Crippen LogP contribution in [0.5, 0.6) is 0 Å². The van der Waals surface area contributed by atoms with Gasteiger partial charge in [0.15, 0.2) is 0 Å². The summed E-state index contributed by atoms with van der Waals surface area (Å²) in [5, 5.41) is 14.5. The second-order valence-corrected chi connectivity index (χ2v) is 5.53. The highest BCUT2D eigenvalue weighted by Crippen LogP contribution is 2.24. The molecule has 0 spiro atoms. The highest BCUT2D eigenvalue weighted by Gasteiger charge is 2.31. The molecule has 0 bridgehead atoms. The van der Waals surface area contributed by atoms with E-state index >= 15 is 0 Å². The second kappa shape index (κ2) is 5.51. The van der Waals surface area contributed by atoms with E-state index in [4.69, 9.17) is 11.6 Å². The van der Waals surface area contributed by atoms with Crippen molar-refractivity contribution in [2.75, 3.05) is 13.1 Å². The van der Waals surface area contributed by atoms with E-state index in [1.54, 1.807) is 11.9 Å². The molecular formula is C13H20ClN3O2. The molecule has 1 aliphatic heterocycles. The summed E-state index contributed by atoms with van der Waals surface area (Å²) in [6.07, 6.45) is 1.01. The maximum atomic E-state index is 12.5. The number of aromatic nitrogens is 2. The zero-order valence-electron chi connectivity index (χ0n) is 11.6. The Bertz CT molecular complexity index is 486. The van der Waals surface area contributed by atoms with Crippen LogP contribution in [0.4, 0.5) is 0 Å². The average molecular weight is 286 g/mol. The van der Waals surface area contributed by atoms with Crippen LogP contribution in [0.2, 0.25) is 5.15 Å². The van der Waals surface area contributed by atoms with Gasteiger partial charge in [-0.15, -0.1) is 0 Å². The normalized spacial score (nSPS) is 23.7. The molecule has 1 aromatic rings. The number of likely N-dealkylation sites (tertiary alicyclic amines) is 1. The van der Waals surface area contributed by atoms with E-state index in [9.17, 15) is 9.90 Å². The number of halogens is 1. The Kier molecular flexibility index (Phi) is 4.16. The molecule has 1 saturated heterocycles. The Balaban J connectivity index is 2.25. The molecule has 1 amide bonds. The van der Waals surface area contributed by atoms with Crippen molar-refractivity contribution < 1.29 is 9.90 Å². The number of aliphatic hydroxyl groups is 1. The predicted molar refractivity (Wildman–Crippen MR) is 73.3 cm³/mol. The summed E-state index contributed by atoms with van der Waals surface area (Å²) in [6.45, 7) is 4.98. The SMILES string of the molecule is CCc1nn(C)c(Cl)c1C(=O)N1CCC(C)C(O)C1. The maximum Gasteiger partial charge on any atom is 0.258 e. The van der Waals surface area contributed by atoms with E-state index in [0.29, 0.717) is 35.9 Å². The van der Waals surface area contributed by atoms with Crippen molar-refractivity contribution in [2.45, 2.75) is 32.8 Å². The van der Waals surface area contributed by atoms with E-state index in [2.05, 4.69) is 5.10 Å². The zero-order valence-corrected chi connectivity index (χ0v) is 12.3. The number of hydrogen-bond donors (Lipinski definition) is 1. The number of hydrogen-bond acceptors (Lipinski definition) is 3.